The molecule has 7 heteroatoms. The molecule has 0 saturated heterocycles. The Balaban J connectivity index is 2.10. The summed E-state index contributed by atoms with van der Waals surface area (Å²) < 4.78 is 32.4. The Morgan fingerprint density at radius 2 is 1.91 bits per heavy atom. The van der Waals surface area contributed by atoms with Crippen LogP contribution in [0.2, 0.25) is 0 Å². The number of hydrogen-bond donors (Lipinski definition) is 1. The molecule has 2 aromatic rings. The second-order valence-electron chi connectivity index (χ2n) is 5.06. The Labute approximate surface area is 135 Å². The van der Waals surface area contributed by atoms with Crippen molar-refractivity contribution < 1.29 is 13.2 Å². The van der Waals surface area contributed by atoms with Crippen molar-refractivity contribution >= 4 is 21.4 Å². The van der Waals surface area contributed by atoms with Crippen molar-refractivity contribution in [1.29, 1.82) is 0 Å². The Bertz CT molecular complexity index is 680. The fourth-order valence-corrected chi connectivity index (χ4v) is 3.84. The van der Waals surface area contributed by atoms with Gasteiger partial charge in [0.15, 0.2) is 0 Å². The van der Waals surface area contributed by atoms with Crippen molar-refractivity contribution in [3.63, 3.8) is 0 Å². The van der Waals surface area contributed by atoms with Gasteiger partial charge in [0.25, 0.3) is 0 Å². The van der Waals surface area contributed by atoms with Crippen LogP contribution in [-0.2, 0) is 10.0 Å². The molecule has 0 bridgehead atoms. The Morgan fingerprint density at radius 3 is 2.41 bits per heavy atom. The third kappa shape index (κ3) is 4.07. The van der Waals surface area contributed by atoms with Gasteiger partial charge in [-0.2, -0.15) is 11.3 Å². The van der Waals surface area contributed by atoms with Gasteiger partial charge in [0.2, 0.25) is 10.0 Å². The van der Waals surface area contributed by atoms with Gasteiger partial charge in [0.05, 0.1) is 12.0 Å². The fraction of sp³-hybridized carbons (Fsp3) is 0.333. The second kappa shape index (κ2) is 7.23. The summed E-state index contributed by atoms with van der Waals surface area (Å²) in [4.78, 5) is 2.23. The number of nitrogens with zero attached hydrogens (tertiary/aromatic N) is 1. The minimum atomic E-state index is -3.53. The summed E-state index contributed by atoms with van der Waals surface area (Å²) in [5, 5.41) is 4.02. The van der Waals surface area contributed by atoms with E-state index in [1.807, 2.05) is 35.8 Å². The van der Waals surface area contributed by atoms with Crippen LogP contribution in [0.3, 0.4) is 0 Å². The zero-order valence-electron chi connectivity index (χ0n) is 12.8. The number of hydrogen-bond acceptors (Lipinski definition) is 5. The summed E-state index contributed by atoms with van der Waals surface area (Å²) in [6.07, 6.45) is 0. The van der Waals surface area contributed by atoms with Gasteiger partial charge in [-0.25, -0.2) is 13.1 Å². The predicted octanol–water partition coefficient (Wildman–Crippen LogP) is 2.34. The second-order valence-corrected chi connectivity index (χ2v) is 7.61. The lowest BCUT2D eigenvalue weighted by Crippen LogP contribution is -2.34. The number of rotatable bonds is 7. The largest absolute Gasteiger partial charge is 0.497 e. The molecule has 22 heavy (non-hydrogen) atoms. The highest BCUT2D eigenvalue weighted by molar-refractivity contribution is 7.89. The van der Waals surface area contributed by atoms with Crippen molar-refractivity contribution in [3.05, 3.63) is 46.7 Å². The summed E-state index contributed by atoms with van der Waals surface area (Å²) in [6.45, 7) is 0.318. The fourth-order valence-electron chi connectivity index (χ4n) is 2.09. The van der Waals surface area contributed by atoms with Crippen LogP contribution >= 0.6 is 11.3 Å². The molecule has 1 unspecified atom stereocenters. The van der Waals surface area contributed by atoms with E-state index in [9.17, 15) is 8.42 Å². The van der Waals surface area contributed by atoms with Crippen LogP contribution in [-0.4, -0.2) is 41.1 Å². The molecule has 1 N–H and O–H groups in total. The Morgan fingerprint density at radius 1 is 1.23 bits per heavy atom. The Hall–Kier alpha value is -1.41. The molecule has 0 aliphatic heterocycles. The average molecular weight is 340 g/mol. The molecule has 1 aromatic carbocycles. The number of ether oxygens (including phenoxy) is 1. The van der Waals surface area contributed by atoms with E-state index in [2.05, 4.69) is 4.72 Å². The summed E-state index contributed by atoms with van der Waals surface area (Å²) in [5.41, 5.74) is 1.10. The monoisotopic (exact) mass is 340 g/mol. The molecular formula is C15H20N2O3S2. The van der Waals surface area contributed by atoms with Crippen LogP contribution in [0.15, 0.2) is 46.0 Å². The normalized spacial score (nSPS) is 13.3. The molecule has 2 rings (SSSR count). The van der Waals surface area contributed by atoms with Crippen molar-refractivity contribution in [2.24, 2.45) is 0 Å². The predicted molar refractivity (Wildman–Crippen MR) is 88.9 cm³/mol. The van der Waals surface area contributed by atoms with Gasteiger partial charge in [-0.1, -0.05) is 0 Å². The number of nitrogens with one attached hydrogen (secondary N) is 1. The summed E-state index contributed by atoms with van der Waals surface area (Å²) in [7, 11) is 1.88. The molecular weight excluding hydrogens is 320 g/mol. The number of methoxy groups -OCH3 is 1. The number of benzene rings is 1. The summed E-state index contributed by atoms with van der Waals surface area (Å²) in [6, 6.07) is 8.36. The van der Waals surface area contributed by atoms with E-state index in [1.165, 1.54) is 12.1 Å². The van der Waals surface area contributed by atoms with Gasteiger partial charge in [-0.3, -0.25) is 0 Å². The van der Waals surface area contributed by atoms with Crippen LogP contribution in [0, 0.1) is 0 Å². The zero-order valence-corrected chi connectivity index (χ0v) is 14.4. The van der Waals surface area contributed by atoms with Crippen LogP contribution < -0.4 is 9.46 Å². The van der Waals surface area contributed by atoms with Gasteiger partial charge < -0.3 is 9.64 Å². The van der Waals surface area contributed by atoms with E-state index in [-0.39, 0.29) is 10.9 Å². The molecule has 5 nitrogen and oxygen atoms in total. The minimum Gasteiger partial charge on any atom is -0.497 e. The van der Waals surface area contributed by atoms with Crippen molar-refractivity contribution in [1.82, 2.24) is 9.62 Å². The zero-order chi connectivity index (χ0) is 16.2. The van der Waals surface area contributed by atoms with Crippen molar-refractivity contribution in [3.8, 4) is 5.75 Å². The number of sulfonamides is 1. The van der Waals surface area contributed by atoms with Crippen LogP contribution in [0.4, 0.5) is 0 Å². The number of likely N-dealkylation sites (N-methyl/N-ethyl adjacent to an activating group) is 1. The lowest BCUT2D eigenvalue weighted by Gasteiger charge is -2.24. The first-order valence-corrected chi connectivity index (χ1v) is 9.19. The van der Waals surface area contributed by atoms with E-state index < -0.39 is 10.0 Å². The lowest BCUT2D eigenvalue weighted by atomic mass is 10.1. The molecule has 0 aliphatic rings. The van der Waals surface area contributed by atoms with E-state index in [0.717, 1.165) is 5.56 Å². The van der Waals surface area contributed by atoms with Crippen LogP contribution in [0.25, 0.3) is 0 Å². The van der Waals surface area contributed by atoms with Gasteiger partial charge in [-0.05, 0) is 60.8 Å². The van der Waals surface area contributed by atoms with E-state index in [1.54, 1.807) is 30.6 Å². The van der Waals surface area contributed by atoms with Crippen molar-refractivity contribution in [2.75, 3.05) is 27.7 Å². The Kier molecular flexibility index (Phi) is 5.57. The van der Waals surface area contributed by atoms with E-state index >= 15 is 0 Å². The maximum Gasteiger partial charge on any atom is 0.240 e. The lowest BCUT2D eigenvalue weighted by molar-refractivity contribution is 0.300. The average Bonchev–Trinajstić information content (AvgIpc) is 3.01. The highest BCUT2D eigenvalue weighted by Crippen LogP contribution is 2.21. The third-order valence-corrected chi connectivity index (χ3v) is 5.53. The molecule has 0 saturated carbocycles. The standard InChI is InChI=1S/C15H20N2O3S2/c1-17(2)15(12-8-9-21-11-12)10-16-22(18,19)14-6-4-13(20-3)5-7-14/h4-9,11,15-16H,10H2,1-3H3. The van der Waals surface area contributed by atoms with Gasteiger partial charge >= 0.3 is 0 Å². The molecule has 0 fully saturated rings. The van der Waals surface area contributed by atoms with Gasteiger partial charge in [-0.15, -0.1) is 0 Å². The molecule has 1 heterocycles. The first kappa shape index (κ1) is 17.0. The molecule has 120 valence electrons. The molecule has 1 aromatic heterocycles. The first-order chi connectivity index (χ1) is 10.4. The highest BCUT2D eigenvalue weighted by atomic mass is 32.2. The third-order valence-electron chi connectivity index (χ3n) is 3.39. The number of thiophene rings is 1. The molecule has 0 radical (unpaired) electrons. The quantitative estimate of drug-likeness (QED) is 0.840. The smallest absolute Gasteiger partial charge is 0.240 e. The molecule has 0 aliphatic carbocycles. The van der Waals surface area contributed by atoms with Crippen LogP contribution in [0.1, 0.15) is 11.6 Å². The maximum absolute atomic E-state index is 12.4. The summed E-state index contributed by atoms with van der Waals surface area (Å²) in [5.74, 6) is 0.628. The van der Waals surface area contributed by atoms with Gasteiger partial charge in [0.1, 0.15) is 5.75 Å². The molecule has 0 amide bonds. The summed E-state index contributed by atoms with van der Waals surface area (Å²) >= 11 is 1.60. The maximum atomic E-state index is 12.4. The minimum absolute atomic E-state index is 0.000673. The van der Waals surface area contributed by atoms with Crippen molar-refractivity contribution in [2.45, 2.75) is 10.9 Å². The molecule has 1 atom stereocenters. The topological polar surface area (TPSA) is 58.6 Å². The van der Waals surface area contributed by atoms with E-state index in [0.29, 0.717) is 12.3 Å². The SMILES string of the molecule is COc1ccc(S(=O)(=O)NCC(c2ccsc2)N(C)C)cc1. The highest BCUT2D eigenvalue weighted by Gasteiger charge is 2.20. The van der Waals surface area contributed by atoms with Crippen LogP contribution in [0.5, 0.6) is 5.75 Å². The molecule has 0 spiro atoms. The first-order valence-electron chi connectivity index (χ1n) is 6.76. The van der Waals surface area contributed by atoms with E-state index in [4.69, 9.17) is 4.74 Å². The van der Waals surface area contributed by atoms with Gasteiger partial charge in [0, 0.05) is 12.6 Å².